The molecular weight excluding hydrogens is 518 g/mol. The van der Waals surface area contributed by atoms with Crippen LogP contribution >= 0.6 is 0 Å². The van der Waals surface area contributed by atoms with Crippen molar-refractivity contribution in [1.82, 2.24) is 34.8 Å². The second-order valence-corrected chi connectivity index (χ2v) is 11.5. The van der Waals surface area contributed by atoms with E-state index in [9.17, 15) is 9.59 Å². The topological polar surface area (TPSA) is 107 Å². The first-order valence-corrected chi connectivity index (χ1v) is 14.3. The minimum Gasteiger partial charge on any atom is -0.497 e. The van der Waals surface area contributed by atoms with E-state index in [1.165, 1.54) is 5.56 Å². The number of amides is 1. The number of hydrogen-bond acceptors (Lipinski definition) is 7. The van der Waals surface area contributed by atoms with Crippen molar-refractivity contribution in [2.75, 3.05) is 20.2 Å². The number of nitrogens with zero attached hydrogens (tertiary/aromatic N) is 6. The van der Waals surface area contributed by atoms with E-state index in [0.717, 1.165) is 41.0 Å². The SMILES string of the molecule is COc1ccc(C[C@@H]2C[C@@H](C(=O)CCc3ccc4c(c3)nnn4C)N(C(=O)[C@H]3CC(c4cncn4C)CN3)C2)cc1. The number of ether oxygens (including phenoxy) is 1. The lowest BCUT2D eigenvalue weighted by Crippen LogP contribution is -2.48. The quantitative estimate of drug-likeness (QED) is 0.338. The van der Waals surface area contributed by atoms with Crippen molar-refractivity contribution in [3.05, 3.63) is 71.8 Å². The third-order valence-electron chi connectivity index (χ3n) is 8.76. The average Bonchev–Trinajstić information content (AvgIpc) is 3.79. The monoisotopic (exact) mass is 555 g/mol. The number of fused-ring (bicyclic) bond motifs is 1. The highest BCUT2D eigenvalue weighted by atomic mass is 16.5. The van der Waals surface area contributed by atoms with E-state index in [4.69, 9.17) is 4.74 Å². The van der Waals surface area contributed by atoms with Crippen LogP contribution < -0.4 is 10.1 Å². The van der Waals surface area contributed by atoms with Crippen LogP contribution in [-0.2, 0) is 36.5 Å². The molecule has 1 unspecified atom stereocenters. The zero-order valence-corrected chi connectivity index (χ0v) is 23.9. The molecule has 6 rings (SSSR count). The third kappa shape index (κ3) is 5.61. The summed E-state index contributed by atoms with van der Waals surface area (Å²) in [6.45, 7) is 1.31. The molecule has 2 saturated heterocycles. The van der Waals surface area contributed by atoms with Crippen LogP contribution in [0.2, 0.25) is 0 Å². The zero-order chi connectivity index (χ0) is 28.5. The predicted molar refractivity (Wildman–Crippen MR) is 154 cm³/mol. The molecule has 4 heterocycles. The molecule has 0 aliphatic carbocycles. The van der Waals surface area contributed by atoms with Crippen LogP contribution in [0.4, 0.5) is 0 Å². The van der Waals surface area contributed by atoms with Gasteiger partial charge in [-0.2, -0.15) is 0 Å². The van der Waals surface area contributed by atoms with Gasteiger partial charge in [0, 0.05) is 51.4 Å². The summed E-state index contributed by atoms with van der Waals surface area (Å²) < 4.78 is 9.07. The van der Waals surface area contributed by atoms with Gasteiger partial charge in [-0.3, -0.25) is 9.59 Å². The van der Waals surface area contributed by atoms with Gasteiger partial charge in [0.1, 0.15) is 11.3 Å². The summed E-state index contributed by atoms with van der Waals surface area (Å²) in [4.78, 5) is 33.8. The van der Waals surface area contributed by atoms with Crippen LogP contribution in [-0.4, -0.2) is 73.4 Å². The van der Waals surface area contributed by atoms with Gasteiger partial charge >= 0.3 is 0 Å². The molecule has 4 atom stereocenters. The van der Waals surface area contributed by atoms with Gasteiger partial charge in [-0.1, -0.05) is 23.4 Å². The molecule has 1 amide bonds. The number of carbonyl (C=O) groups is 2. The molecule has 1 N–H and O–H groups in total. The molecule has 10 nitrogen and oxygen atoms in total. The van der Waals surface area contributed by atoms with Crippen molar-refractivity contribution in [3.8, 4) is 5.75 Å². The smallest absolute Gasteiger partial charge is 0.240 e. The minimum atomic E-state index is -0.413. The first-order valence-electron chi connectivity index (χ1n) is 14.3. The summed E-state index contributed by atoms with van der Waals surface area (Å²) in [7, 11) is 5.51. The van der Waals surface area contributed by atoms with Crippen molar-refractivity contribution >= 4 is 22.7 Å². The molecule has 214 valence electrons. The van der Waals surface area contributed by atoms with Gasteiger partial charge in [0.15, 0.2) is 5.78 Å². The van der Waals surface area contributed by atoms with E-state index in [1.807, 2.05) is 60.1 Å². The van der Waals surface area contributed by atoms with Crippen LogP contribution in [0.15, 0.2) is 55.0 Å². The van der Waals surface area contributed by atoms with Crippen molar-refractivity contribution in [2.24, 2.45) is 20.0 Å². The summed E-state index contributed by atoms with van der Waals surface area (Å²) in [5.41, 5.74) is 5.14. The maximum atomic E-state index is 13.9. The number of benzene rings is 2. The maximum absolute atomic E-state index is 13.9. The highest BCUT2D eigenvalue weighted by molar-refractivity contribution is 5.92. The van der Waals surface area contributed by atoms with E-state index in [0.29, 0.717) is 32.2 Å². The average molecular weight is 556 g/mol. The van der Waals surface area contributed by atoms with E-state index in [-0.39, 0.29) is 29.6 Å². The standard InChI is InChI=1S/C31H37N7O3/c1-36-19-32-17-29(36)23-15-26(33-16-23)31(40)38-18-22(12-20-4-8-24(41-3)9-5-20)14-28(38)30(39)11-7-21-6-10-27-25(13-21)34-35-37(27)2/h4-6,8-10,13,17,19,22-23,26,28,33H,7,11-12,14-16,18H2,1-3H3/t22-,23?,26-,28+/m1/s1. The Labute approximate surface area is 239 Å². The van der Waals surface area contributed by atoms with Crippen molar-refractivity contribution in [3.63, 3.8) is 0 Å². The van der Waals surface area contributed by atoms with E-state index >= 15 is 0 Å². The van der Waals surface area contributed by atoms with Gasteiger partial charge in [0.05, 0.1) is 31.0 Å². The van der Waals surface area contributed by atoms with Gasteiger partial charge in [0.2, 0.25) is 5.91 Å². The van der Waals surface area contributed by atoms with E-state index < -0.39 is 6.04 Å². The molecular formula is C31H37N7O3. The molecule has 0 bridgehead atoms. The number of hydrogen-bond donors (Lipinski definition) is 1. The first kappa shape index (κ1) is 27.1. The highest BCUT2D eigenvalue weighted by Gasteiger charge is 2.43. The molecule has 0 saturated carbocycles. The van der Waals surface area contributed by atoms with Crippen molar-refractivity contribution in [2.45, 2.75) is 50.1 Å². The van der Waals surface area contributed by atoms with E-state index in [1.54, 1.807) is 18.1 Å². The lowest BCUT2D eigenvalue weighted by Gasteiger charge is -2.27. The van der Waals surface area contributed by atoms with E-state index in [2.05, 4.69) is 32.7 Å². The lowest BCUT2D eigenvalue weighted by molar-refractivity contribution is -0.139. The summed E-state index contributed by atoms with van der Waals surface area (Å²) in [6.07, 6.45) is 6.87. The summed E-state index contributed by atoms with van der Waals surface area (Å²) in [5, 5.41) is 11.7. The highest BCUT2D eigenvalue weighted by Crippen LogP contribution is 2.32. The lowest BCUT2D eigenvalue weighted by atomic mass is 9.94. The van der Waals surface area contributed by atoms with Crippen molar-refractivity contribution in [1.29, 1.82) is 0 Å². The van der Waals surface area contributed by atoms with Crippen LogP contribution in [0.5, 0.6) is 5.75 Å². The number of nitrogens with one attached hydrogen (secondary N) is 1. The third-order valence-corrected chi connectivity index (χ3v) is 8.76. The zero-order valence-electron chi connectivity index (χ0n) is 23.9. The number of rotatable bonds is 9. The Kier molecular flexibility index (Phi) is 7.57. The Hall–Kier alpha value is -4.05. The Balaban J connectivity index is 1.16. The van der Waals surface area contributed by atoms with Crippen LogP contribution in [0.3, 0.4) is 0 Å². The molecule has 0 spiro atoms. The Bertz CT molecular complexity index is 1540. The number of aryl methyl sites for hydroxylation is 3. The van der Waals surface area contributed by atoms with Crippen LogP contribution in [0.25, 0.3) is 11.0 Å². The number of methoxy groups -OCH3 is 1. The Morgan fingerprint density at radius 3 is 2.63 bits per heavy atom. The second-order valence-electron chi connectivity index (χ2n) is 11.5. The summed E-state index contributed by atoms with van der Waals surface area (Å²) in [5.74, 6) is 1.41. The molecule has 2 aliphatic heterocycles. The van der Waals surface area contributed by atoms with Gasteiger partial charge in [-0.05, 0) is 67.0 Å². The van der Waals surface area contributed by atoms with Crippen LogP contribution in [0, 0.1) is 5.92 Å². The number of imidazole rings is 1. The fourth-order valence-corrected chi connectivity index (χ4v) is 6.50. The predicted octanol–water partition coefficient (Wildman–Crippen LogP) is 2.82. The second kappa shape index (κ2) is 11.4. The number of Topliss-reactive ketones (excluding diaryl/α,β-unsaturated/α-hetero) is 1. The molecule has 0 radical (unpaired) electrons. The molecule has 2 aliphatic rings. The largest absolute Gasteiger partial charge is 0.497 e. The summed E-state index contributed by atoms with van der Waals surface area (Å²) >= 11 is 0. The minimum absolute atomic E-state index is 0.0335. The molecule has 2 fully saturated rings. The Morgan fingerprint density at radius 1 is 1.07 bits per heavy atom. The fourth-order valence-electron chi connectivity index (χ4n) is 6.50. The van der Waals surface area contributed by atoms with Crippen molar-refractivity contribution < 1.29 is 14.3 Å². The molecule has 10 heteroatoms. The molecule has 2 aromatic heterocycles. The number of aromatic nitrogens is 5. The molecule has 41 heavy (non-hydrogen) atoms. The maximum Gasteiger partial charge on any atom is 0.240 e. The fraction of sp³-hybridized carbons (Fsp3) is 0.452. The summed E-state index contributed by atoms with van der Waals surface area (Å²) in [6, 6.07) is 13.4. The van der Waals surface area contributed by atoms with Gasteiger partial charge < -0.3 is 19.5 Å². The van der Waals surface area contributed by atoms with Gasteiger partial charge in [-0.15, -0.1) is 5.10 Å². The van der Waals surface area contributed by atoms with Crippen LogP contribution in [0.1, 0.15) is 42.0 Å². The number of carbonyl (C=O) groups excluding carboxylic acids is 2. The van der Waals surface area contributed by atoms with Gasteiger partial charge in [-0.25, -0.2) is 9.67 Å². The normalized spacial score (nSPS) is 22.5. The molecule has 2 aromatic carbocycles. The van der Waals surface area contributed by atoms with Gasteiger partial charge in [0.25, 0.3) is 0 Å². The Morgan fingerprint density at radius 2 is 1.88 bits per heavy atom. The first-order chi connectivity index (χ1) is 19.9. The number of ketones is 1. The number of likely N-dealkylation sites (tertiary alicyclic amines) is 1. The molecule has 4 aromatic rings.